The number of aromatic hydroxyl groups is 1. The van der Waals surface area contributed by atoms with E-state index >= 15 is 0 Å². The van der Waals surface area contributed by atoms with Gasteiger partial charge < -0.3 is 10.2 Å². The van der Waals surface area contributed by atoms with Gasteiger partial charge in [0.25, 0.3) is 5.91 Å². The molecule has 1 aromatic carbocycles. The molecule has 0 bridgehead atoms. The van der Waals surface area contributed by atoms with Crippen molar-refractivity contribution in [3.8, 4) is 5.75 Å². The third-order valence-electron chi connectivity index (χ3n) is 6.31. The zero-order valence-corrected chi connectivity index (χ0v) is 23.6. The molecule has 4 rings (SSSR count). The number of rotatable bonds is 6. The molecule has 1 saturated heterocycles. The minimum absolute atomic E-state index is 0.0255. The quantitative estimate of drug-likeness (QED) is 0.319. The van der Waals surface area contributed by atoms with Gasteiger partial charge in [0.1, 0.15) is 16.8 Å². The second kappa shape index (κ2) is 9.79. The van der Waals surface area contributed by atoms with Gasteiger partial charge in [0, 0.05) is 35.9 Å². The third-order valence-corrected chi connectivity index (χ3v) is 8.73. The fourth-order valence-corrected chi connectivity index (χ4v) is 6.64. The molecule has 37 heavy (non-hydrogen) atoms. The predicted molar refractivity (Wildman–Crippen MR) is 144 cm³/mol. The van der Waals surface area contributed by atoms with Crippen LogP contribution in [0.5, 0.6) is 5.75 Å². The first-order valence-corrected chi connectivity index (χ1v) is 13.9. The minimum atomic E-state index is -1.13. The Balaban J connectivity index is 1.58. The molecule has 12 heteroatoms. The Labute approximate surface area is 224 Å². The number of aromatic nitrogens is 4. The summed E-state index contributed by atoms with van der Waals surface area (Å²) in [5.74, 6) is -0.339. The van der Waals surface area contributed by atoms with Gasteiger partial charge in [-0.05, 0) is 44.5 Å². The lowest BCUT2D eigenvalue weighted by atomic mass is 9.78. The number of hydrogen-bond donors (Lipinski definition) is 2. The number of carboxylic acids is 1. The van der Waals surface area contributed by atoms with Crippen LogP contribution in [-0.4, -0.2) is 76.3 Å². The van der Waals surface area contributed by atoms with Gasteiger partial charge in [-0.15, -0.1) is 16.9 Å². The number of thioether (sulfide) groups is 2. The summed E-state index contributed by atoms with van der Waals surface area (Å²) in [4.78, 5) is 31.2. The number of β-lactam (4-membered cyclic amide) rings is 1. The Hall–Kier alpha value is -2.86. The highest BCUT2D eigenvalue weighted by Gasteiger charge is 2.53. The summed E-state index contributed by atoms with van der Waals surface area (Å²) >= 11 is 2.84. The van der Waals surface area contributed by atoms with Gasteiger partial charge in [-0.2, -0.15) is 0 Å². The van der Waals surface area contributed by atoms with Gasteiger partial charge >= 0.3 is 5.97 Å². The summed E-state index contributed by atoms with van der Waals surface area (Å²) in [7, 11) is 1.71. The summed E-state index contributed by atoms with van der Waals surface area (Å²) in [5.41, 5.74) is 2.53. The standard InChI is InChI=1S/C25H32N6O4S2/c1-24(2,3)15-8-13(9-16(19(15)32)25(4,5)6)10-26-17-20(33)31-18(22(34)35)14(11-36-21(17)31)12-37-23-27-28-29-30(23)7/h8-10,17,21,32H,11-12H2,1-7H3,(H,34,35)/t17-,21-/m1/s1. The summed E-state index contributed by atoms with van der Waals surface area (Å²) < 4.78 is 1.52. The van der Waals surface area contributed by atoms with E-state index in [2.05, 4.69) is 20.5 Å². The van der Waals surface area contributed by atoms with Gasteiger partial charge in [0.2, 0.25) is 5.16 Å². The lowest BCUT2D eigenvalue weighted by molar-refractivity contribution is -0.147. The van der Waals surface area contributed by atoms with Crippen molar-refractivity contribution in [1.29, 1.82) is 0 Å². The Morgan fingerprint density at radius 2 is 1.84 bits per heavy atom. The van der Waals surface area contributed by atoms with E-state index in [0.29, 0.717) is 22.2 Å². The highest BCUT2D eigenvalue weighted by atomic mass is 32.2. The Kier molecular flexibility index (Phi) is 7.19. The molecule has 2 aliphatic heterocycles. The van der Waals surface area contributed by atoms with E-state index < -0.39 is 12.0 Å². The van der Waals surface area contributed by atoms with Crippen molar-refractivity contribution in [3.05, 3.63) is 40.1 Å². The number of phenolic OH excluding ortho intramolecular Hbond substituents is 1. The summed E-state index contributed by atoms with van der Waals surface area (Å²) in [6.07, 6.45) is 1.67. The minimum Gasteiger partial charge on any atom is -0.507 e. The van der Waals surface area contributed by atoms with E-state index in [-0.39, 0.29) is 33.6 Å². The van der Waals surface area contributed by atoms with Crippen molar-refractivity contribution in [2.45, 2.75) is 68.9 Å². The van der Waals surface area contributed by atoms with Crippen molar-refractivity contribution < 1.29 is 19.8 Å². The van der Waals surface area contributed by atoms with Crippen LogP contribution in [0.1, 0.15) is 58.2 Å². The topological polar surface area (TPSA) is 134 Å². The molecule has 2 aliphatic rings. The van der Waals surface area contributed by atoms with E-state index in [4.69, 9.17) is 0 Å². The normalized spacial score (nSPS) is 20.4. The molecule has 0 radical (unpaired) electrons. The first-order valence-electron chi connectivity index (χ1n) is 11.9. The van der Waals surface area contributed by atoms with Crippen molar-refractivity contribution in [2.24, 2.45) is 12.0 Å². The van der Waals surface area contributed by atoms with Crippen LogP contribution in [0.4, 0.5) is 0 Å². The van der Waals surface area contributed by atoms with Gasteiger partial charge in [0.15, 0.2) is 6.04 Å². The average molecular weight is 545 g/mol. The second-order valence-corrected chi connectivity index (χ2v) is 13.3. The summed E-state index contributed by atoms with van der Waals surface area (Å²) in [5, 5.41) is 32.4. The molecule has 0 aliphatic carbocycles. The molecule has 0 spiro atoms. The molecule has 1 fully saturated rings. The van der Waals surface area contributed by atoms with Crippen LogP contribution in [0.3, 0.4) is 0 Å². The second-order valence-electron chi connectivity index (χ2n) is 11.2. The smallest absolute Gasteiger partial charge is 0.352 e. The molecule has 3 heterocycles. The van der Waals surface area contributed by atoms with Crippen molar-refractivity contribution in [3.63, 3.8) is 0 Å². The first kappa shape index (κ1) is 27.2. The van der Waals surface area contributed by atoms with Gasteiger partial charge in [-0.1, -0.05) is 53.3 Å². The third kappa shape index (κ3) is 5.26. The number of tetrazole rings is 1. The van der Waals surface area contributed by atoms with Crippen molar-refractivity contribution >= 4 is 41.6 Å². The number of aryl methyl sites for hydroxylation is 1. The number of aliphatic carboxylic acids is 1. The van der Waals surface area contributed by atoms with Crippen molar-refractivity contribution in [2.75, 3.05) is 11.5 Å². The predicted octanol–water partition coefficient (Wildman–Crippen LogP) is 3.34. The molecule has 1 amide bonds. The zero-order valence-electron chi connectivity index (χ0n) is 22.0. The molecular formula is C25H32N6O4S2. The van der Waals surface area contributed by atoms with E-state index in [9.17, 15) is 19.8 Å². The molecular weight excluding hydrogens is 512 g/mol. The maximum absolute atomic E-state index is 13.1. The average Bonchev–Trinajstić information content (AvgIpc) is 3.20. The Morgan fingerprint density at radius 1 is 1.22 bits per heavy atom. The van der Waals surface area contributed by atoms with E-state index in [1.165, 1.54) is 33.1 Å². The molecule has 2 N–H and O–H groups in total. The number of benzene rings is 1. The number of carboxylic acid groups (broad SMARTS) is 1. The lowest BCUT2D eigenvalue weighted by Crippen LogP contribution is -2.64. The van der Waals surface area contributed by atoms with E-state index in [1.807, 2.05) is 53.7 Å². The highest BCUT2D eigenvalue weighted by molar-refractivity contribution is 8.01. The van der Waals surface area contributed by atoms with Gasteiger partial charge in [-0.3, -0.25) is 14.7 Å². The fourth-order valence-electron chi connectivity index (χ4n) is 4.31. The van der Waals surface area contributed by atoms with Gasteiger partial charge in [0.05, 0.1) is 0 Å². The summed E-state index contributed by atoms with van der Waals surface area (Å²) in [6, 6.07) is 3.14. The number of amides is 1. The Morgan fingerprint density at radius 3 is 2.35 bits per heavy atom. The van der Waals surface area contributed by atoms with E-state index in [0.717, 1.165) is 16.7 Å². The highest BCUT2D eigenvalue weighted by Crippen LogP contribution is 2.43. The van der Waals surface area contributed by atoms with E-state index in [1.54, 1.807) is 13.3 Å². The number of fused-ring (bicyclic) bond motifs is 1. The van der Waals surface area contributed by atoms with Crippen LogP contribution in [0.25, 0.3) is 0 Å². The number of carbonyl (C=O) groups is 2. The molecule has 1 aromatic heterocycles. The van der Waals surface area contributed by atoms with Crippen LogP contribution in [-0.2, 0) is 27.5 Å². The van der Waals surface area contributed by atoms with Crippen molar-refractivity contribution in [1.82, 2.24) is 25.1 Å². The van der Waals surface area contributed by atoms with Gasteiger partial charge in [-0.25, -0.2) is 9.48 Å². The molecule has 198 valence electrons. The molecule has 2 aromatic rings. The molecule has 0 unspecified atom stereocenters. The number of aliphatic imine (C=N–C) groups is 1. The first-order chi connectivity index (χ1) is 17.2. The summed E-state index contributed by atoms with van der Waals surface area (Å²) in [6.45, 7) is 12.2. The number of hydrogen-bond acceptors (Lipinski definition) is 9. The number of carbonyl (C=O) groups excluding carboxylic acids is 1. The largest absolute Gasteiger partial charge is 0.507 e. The maximum Gasteiger partial charge on any atom is 0.352 e. The molecule has 0 saturated carbocycles. The monoisotopic (exact) mass is 544 g/mol. The van der Waals surface area contributed by atoms with Crippen LogP contribution in [0, 0.1) is 0 Å². The van der Waals surface area contributed by atoms with Crippen LogP contribution >= 0.6 is 23.5 Å². The molecule has 2 atom stereocenters. The van der Waals surface area contributed by atoms with Crippen LogP contribution in [0.2, 0.25) is 0 Å². The zero-order chi connectivity index (χ0) is 27.3. The maximum atomic E-state index is 13.1. The number of phenols is 1. The Bertz CT molecular complexity index is 1270. The van der Waals surface area contributed by atoms with Crippen LogP contribution in [0.15, 0.2) is 33.6 Å². The van der Waals surface area contributed by atoms with Crippen LogP contribution < -0.4 is 0 Å². The lowest BCUT2D eigenvalue weighted by Gasteiger charge is -2.47. The SMILES string of the molecule is Cn1nnnc1SCC1=C(C(=O)O)N2C(=O)[C@@H](N=Cc3cc(C(C)(C)C)c(O)c(C(C)(C)C)c3)[C@H]2SC1. The molecule has 10 nitrogen and oxygen atoms in total. The fraction of sp³-hybridized carbons (Fsp3) is 0.520. The number of nitrogens with zero attached hydrogens (tertiary/aromatic N) is 6.